The summed E-state index contributed by atoms with van der Waals surface area (Å²) in [5.74, 6) is 1.70. The van der Waals surface area contributed by atoms with Crippen LogP contribution in [0.15, 0.2) is 24.3 Å². The molecule has 1 heterocycles. The molecule has 1 atom stereocenters. The molecular weight excluding hydrogens is 268 g/mol. The number of amides is 2. The Kier molecular flexibility index (Phi) is 5.72. The fourth-order valence-corrected chi connectivity index (χ4v) is 2.32. The highest BCUT2D eigenvalue weighted by Gasteiger charge is 2.18. The molecule has 2 rings (SSSR count). The zero-order valence-corrected chi connectivity index (χ0v) is 12.8. The number of benzene rings is 1. The lowest BCUT2D eigenvalue weighted by Gasteiger charge is -2.19. The first kappa shape index (κ1) is 15.5. The lowest BCUT2D eigenvalue weighted by atomic mass is 10.2. The normalized spacial score (nSPS) is 15.6. The molecule has 0 aromatic heterocycles. The van der Waals surface area contributed by atoms with Gasteiger partial charge in [-0.1, -0.05) is 19.1 Å². The Morgan fingerprint density at radius 2 is 1.95 bits per heavy atom. The van der Waals surface area contributed by atoms with Gasteiger partial charge in [-0.2, -0.15) is 0 Å². The van der Waals surface area contributed by atoms with Crippen molar-refractivity contribution in [1.29, 1.82) is 0 Å². The van der Waals surface area contributed by atoms with E-state index in [1.165, 1.54) is 0 Å². The molecule has 116 valence electrons. The Hall–Kier alpha value is -1.91. The Bertz CT molecular complexity index is 459. The number of methoxy groups -OCH3 is 1. The molecule has 1 fully saturated rings. The third-order valence-electron chi connectivity index (χ3n) is 3.59. The van der Waals surface area contributed by atoms with E-state index in [0.717, 1.165) is 37.4 Å². The Labute approximate surface area is 126 Å². The number of ether oxygens (including phenoxy) is 2. The monoisotopic (exact) mass is 292 g/mol. The summed E-state index contributed by atoms with van der Waals surface area (Å²) >= 11 is 0. The van der Waals surface area contributed by atoms with Gasteiger partial charge in [0.25, 0.3) is 0 Å². The van der Waals surface area contributed by atoms with Crippen molar-refractivity contribution < 1.29 is 14.3 Å². The Morgan fingerprint density at radius 1 is 1.29 bits per heavy atom. The van der Waals surface area contributed by atoms with Crippen molar-refractivity contribution in [3.05, 3.63) is 24.3 Å². The summed E-state index contributed by atoms with van der Waals surface area (Å²) in [5, 5.41) is 2.96. The first-order valence-electron chi connectivity index (χ1n) is 7.49. The van der Waals surface area contributed by atoms with Crippen molar-refractivity contribution in [2.24, 2.45) is 5.92 Å². The zero-order valence-electron chi connectivity index (χ0n) is 12.8. The van der Waals surface area contributed by atoms with E-state index in [1.54, 1.807) is 7.11 Å². The van der Waals surface area contributed by atoms with Crippen LogP contribution < -0.4 is 14.8 Å². The van der Waals surface area contributed by atoms with E-state index in [1.807, 2.05) is 29.2 Å². The maximum atomic E-state index is 11.9. The topological polar surface area (TPSA) is 50.8 Å². The minimum atomic E-state index is 0.0386. The second kappa shape index (κ2) is 7.76. The number of urea groups is 1. The van der Waals surface area contributed by atoms with E-state index in [4.69, 9.17) is 9.47 Å². The van der Waals surface area contributed by atoms with Gasteiger partial charge in [-0.05, 0) is 25.0 Å². The van der Waals surface area contributed by atoms with Gasteiger partial charge >= 0.3 is 6.03 Å². The Morgan fingerprint density at radius 3 is 2.62 bits per heavy atom. The third-order valence-corrected chi connectivity index (χ3v) is 3.59. The van der Waals surface area contributed by atoms with Crippen LogP contribution >= 0.6 is 0 Å². The van der Waals surface area contributed by atoms with E-state index < -0.39 is 0 Å². The lowest BCUT2D eigenvalue weighted by Crippen LogP contribution is -2.40. The van der Waals surface area contributed by atoms with Crippen molar-refractivity contribution in [1.82, 2.24) is 10.2 Å². The number of hydrogen-bond donors (Lipinski definition) is 1. The van der Waals surface area contributed by atoms with Crippen LogP contribution in [-0.4, -0.2) is 44.3 Å². The first-order chi connectivity index (χ1) is 10.2. The van der Waals surface area contributed by atoms with E-state index in [0.29, 0.717) is 13.2 Å². The number of nitrogens with one attached hydrogen (secondary N) is 1. The van der Waals surface area contributed by atoms with Crippen LogP contribution in [0.5, 0.6) is 11.5 Å². The molecule has 1 aromatic carbocycles. The van der Waals surface area contributed by atoms with E-state index in [9.17, 15) is 4.79 Å². The molecule has 2 amide bonds. The van der Waals surface area contributed by atoms with E-state index >= 15 is 0 Å². The predicted molar refractivity (Wildman–Crippen MR) is 81.9 cm³/mol. The number of hydrogen-bond acceptors (Lipinski definition) is 3. The van der Waals surface area contributed by atoms with Gasteiger partial charge < -0.3 is 19.7 Å². The highest BCUT2D eigenvalue weighted by molar-refractivity contribution is 5.74. The molecule has 0 aliphatic carbocycles. The van der Waals surface area contributed by atoms with Gasteiger partial charge in [-0.3, -0.25) is 0 Å². The quantitative estimate of drug-likeness (QED) is 0.876. The van der Waals surface area contributed by atoms with Crippen LogP contribution in [0.3, 0.4) is 0 Å². The number of rotatable bonds is 6. The second-order valence-corrected chi connectivity index (χ2v) is 5.45. The van der Waals surface area contributed by atoms with Crippen LogP contribution in [0.1, 0.15) is 19.8 Å². The zero-order chi connectivity index (χ0) is 15.1. The van der Waals surface area contributed by atoms with Crippen molar-refractivity contribution in [2.45, 2.75) is 19.8 Å². The van der Waals surface area contributed by atoms with Crippen molar-refractivity contribution >= 4 is 6.03 Å². The summed E-state index contributed by atoms with van der Waals surface area (Å²) in [6, 6.07) is 7.61. The minimum Gasteiger partial charge on any atom is -0.493 e. The van der Waals surface area contributed by atoms with Gasteiger partial charge in [0.15, 0.2) is 11.5 Å². The smallest absolute Gasteiger partial charge is 0.317 e. The molecule has 5 nitrogen and oxygen atoms in total. The second-order valence-electron chi connectivity index (χ2n) is 5.45. The number of carbonyl (C=O) groups is 1. The van der Waals surface area contributed by atoms with Crippen LogP contribution in [0, 0.1) is 5.92 Å². The van der Waals surface area contributed by atoms with Crippen LogP contribution in [0.2, 0.25) is 0 Å². The largest absolute Gasteiger partial charge is 0.493 e. The average molecular weight is 292 g/mol. The summed E-state index contributed by atoms with van der Waals surface area (Å²) in [4.78, 5) is 13.7. The molecule has 0 bridgehead atoms. The predicted octanol–water partition coefficient (Wildman–Crippen LogP) is 2.52. The molecule has 0 saturated carbocycles. The fraction of sp³-hybridized carbons (Fsp3) is 0.562. The van der Waals surface area contributed by atoms with E-state index in [-0.39, 0.29) is 11.9 Å². The summed E-state index contributed by atoms with van der Waals surface area (Å²) in [6.45, 7) is 4.96. The fourth-order valence-electron chi connectivity index (χ4n) is 2.32. The standard InChI is InChI=1S/C16H24N2O3/c1-13(11-17-16(19)18-9-5-6-10-18)12-21-15-8-4-3-7-14(15)20-2/h3-4,7-8,13H,5-6,9-12H2,1-2H3,(H,17,19)/t13-/m1/s1. The van der Waals surface area contributed by atoms with Crippen molar-refractivity contribution in [3.8, 4) is 11.5 Å². The van der Waals surface area contributed by atoms with Gasteiger partial charge in [0, 0.05) is 25.6 Å². The summed E-state index contributed by atoms with van der Waals surface area (Å²) in [7, 11) is 1.63. The number of carbonyl (C=O) groups excluding carboxylic acids is 1. The van der Waals surface area contributed by atoms with Gasteiger partial charge in [-0.15, -0.1) is 0 Å². The van der Waals surface area contributed by atoms with E-state index in [2.05, 4.69) is 12.2 Å². The number of likely N-dealkylation sites (tertiary alicyclic amines) is 1. The van der Waals surface area contributed by atoms with Gasteiger partial charge in [0.1, 0.15) is 0 Å². The molecular formula is C16H24N2O3. The lowest BCUT2D eigenvalue weighted by molar-refractivity contribution is 0.201. The molecule has 1 aromatic rings. The molecule has 1 aliphatic rings. The van der Waals surface area contributed by atoms with Crippen molar-refractivity contribution in [2.75, 3.05) is 33.4 Å². The summed E-state index contributed by atoms with van der Waals surface area (Å²) in [6.07, 6.45) is 2.22. The van der Waals surface area contributed by atoms with Gasteiger partial charge in [-0.25, -0.2) is 4.79 Å². The van der Waals surface area contributed by atoms with Crippen molar-refractivity contribution in [3.63, 3.8) is 0 Å². The molecule has 1 aliphatic heterocycles. The molecule has 1 saturated heterocycles. The maximum absolute atomic E-state index is 11.9. The molecule has 1 N–H and O–H groups in total. The SMILES string of the molecule is COc1ccccc1OC[C@H](C)CNC(=O)N1CCCC1. The molecule has 21 heavy (non-hydrogen) atoms. The minimum absolute atomic E-state index is 0.0386. The highest BCUT2D eigenvalue weighted by Crippen LogP contribution is 2.26. The van der Waals surface area contributed by atoms with Gasteiger partial charge in [0.05, 0.1) is 13.7 Å². The molecule has 5 heteroatoms. The van der Waals surface area contributed by atoms with Crippen LogP contribution in [-0.2, 0) is 0 Å². The summed E-state index contributed by atoms with van der Waals surface area (Å²) < 4.78 is 11.0. The third kappa shape index (κ3) is 4.55. The average Bonchev–Trinajstić information content (AvgIpc) is 3.05. The van der Waals surface area contributed by atoms with Gasteiger partial charge in [0.2, 0.25) is 0 Å². The highest BCUT2D eigenvalue weighted by atomic mass is 16.5. The number of para-hydroxylation sites is 2. The Balaban J connectivity index is 1.71. The molecule has 0 spiro atoms. The van der Waals surface area contributed by atoms with Crippen LogP contribution in [0.25, 0.3) is 0 Å². The molecule has 0 unspecified atom stereocenters. The summed E-state index contributed by atoms with van der Waals surface area (Å²) in [5.41, 5.74) is 0. The number of nitrogens with zero attached hydrogens (tertiary/aromatic N) is 1. The van der Waals surface area contributed by atoms with Crippen LogP contribution in [0.4, 0.5) is 4.79 Å². The molecule has 0 radical (unpaired) electrons. The first-order valence-corrected chi connectivity index (χ1v) is 7.49. The maximum Gasteiger partial charge on any atom is 0.317 e.